The Kier molecular flexibility index (Phi) is 4.24. The van der Waals surface area contributed by atoms with Crippen molar-refractivity contribution >= 4 is 34.4 Å². The smallest absolute Gasteiger partial charge is 0.227 e. The Morgan fingerprint density at radius 3 is 2.79 bits per heavy atom. The van der Waals surface area contributed by atoms with E-state index in [9.17, 15) is 9.59 Å². The van der Waals surface area contributed by atoms with Crippen LogP contribution in [0.4, 0.5) is 5.69 Å². The standard InChI is InChI=1S/C22H18N4O2S/c1-13-10-18(15-4-2-5-16(11-15)25-22(28)14-7-8-14)26-21(24-13)17(12-23-26)20(27)19-6-3-9-29-19/h2-6,9-12,14H,7-8H2,1H3,(H,25,28). The van der Waals surface area contributed by atoms with Crippen LogP contribution < -0.4 is 5.32 Å². The van der Waals surface area contributed by atoms with E-state index < -0.39 is 0 Å². The van der Waals surface area contributed by atoms with Gasteiger partial charge in [0, 0.05) is 22.9 Å². The Hall–Kier alpha value is -3.32. The molecule has 29 heavy (non-hydrogen) atoms. The number of nitrogens with one attached hydrogen (secondary N) is 1. The van der Waals surface area contributed by atoms with E-state index in [1.54, 1.807) is 16.8 Å². The molecule has 1 saturated carbocycles. The van der Waals surface area contributed by atoms with Gasteiger partial charge in [-0.15, -0.1) is 11.3 Å². The summed E-state index contributed by atoms with van der Waals surface area (Å²) in [5.74, 6) is 0.135. The SMILES string of the molecule is Cc1cc(-c2cccc(NC(=O)C3CC3)c2)n2ncc(C(=O)c3cccs3)c2n1. The van der Waals surface area contributed by atoms with Crippen LogP contribution in [0.5, 0.6) is 0 Å². The van der Waals surface area contributed by atoms with Crippen LogP contribution in [-0.2, 0) is 4.79 Å². The summed E-state index contributed by atoms with van der Waals surface area (Å²) in [5.41, 5.74) is 4.28. The lowest BCUT2D eigenvalue weighted by molar-refractivity contribution is -0.117. The van der Waals surface area contributed by atoms with Gasteiger partial charge in [0.15, 0.2) is 5.65 Å². The number of fused-ring (bicyclic) bond motifs is 1. The number of aryl methyl sites for hydroxylation is 1. The molecule has 1 aliphatic rings. The van der Waals surface area contributed by atoms with Gasteiger partial charge in [-0.2, -0.15) is 5.10 Å². The van der Waals surface area contributed by atoms with Crippen molar-refractivity contribution in [2.45, 2.75) is 19.8 Å². The minimum atomic E-state index is -0.0792. The van der Waals surface area contributed by atoms with E-state index in [0.29, 0.717) is 16.1 Å². The Morgan fingerprint density at radius 2 is 2.03 bits per heavy atom. The van der Waals surface area contributed by atoms with E-state index in [4.69, 9.17) is 0 Å². The lowest BCUT2D eigenvalue weighted by Crippen LogP contribution is -2.13. The molecular weight excluding hydrogens is 384 g/mol. The minimum Gasteiger partial charge on any atom is -0.326 e. The highest BCUT2D eigenvalue weighted by Crippen LogP contribution is 2.31. The third kappa shape index (κ3) is 3.34. The molecule has 3 aromatic heterocycles. The molecule has 0 spiro atoms. The highest BCUT2D eigenvalue weighted by atomic mass is 32.1. The Labute approximate surface area is 171 Å². The van der Waals surface area contributed by atoms with Crippen molar-refractivity contribution in [3.8, 4) is 11.3 Å². The summed E-state index contributed by atoms with van der Waals surface area (Å²) in [7, 11) is 0. The summed E-state index contributed by atoms with van der Waals surface area (Å²) in [5, 5.41) is 9.31. The van der Waals surface area contributed by atoms with Crippen LogP contribution in [-0.4, -0.2) is 26.3 Å². The van der Waals surface area contributed by atoms with Crippen molar-refractivity contribution in [2.75, 3.05) is 5.32 Å². The van der Waals surface area contributed by atoms with Crippen molar-refractivity contribution in [3.05, 3.63) is 70.2 Å². The molecule has 1 fully saturated rings. The van der Waals surface area contributed by atoms with E-state index in [2.05, 4.69) is 15.4 Å². The van der Waals surface area contributed by atoms with Crippen LogP contribution in [0, 0.1) is 12.8 Å². The van der Waals surface area contributed by atoms with Crippen LogP contribution in [0.2, 0.25) is 0 Å². The number of thiophene rings is 1. The van der Waals surface area contributed by atoms with Gasteiger partial charge in [0.05, 0.1) is 22.3 Å². The second kappa shape index (κ2) is 6.93. The first-order valence-corrected chi connectivity index (χ1v) is 10.3. The second-order valence-corrected chi connectivity index (χ2v) is 8.17. The largest absolute Gasteiger partial charge is 0.326 e. The maximum absolute atomic E-state index is 12.9. The molecule has 1 amide bonds. The van der Waals surface area contributed by atoms with Gasteiger partial charge in [0.1, 0.15) is 0 Å². The quantitative estimate of drug-likeness (QED) is 0.504. The van der Waals surface area contributed by atoms with Crippen LogP contribution >= 0.6 is 11.3 Å². The summed E-state index contributed by atoms with van der Waals surface area (Å²) in [6.45, 7) is 1.90. The van der Waals surface area contributed by atoms with Crippen LogP contribution in [0.3, 0.4) is 0 Å². The molecule has 4 aromatic rings. The van der Waals surface area contributed by atoms with E-state index in [1.807, 2.05) is 48.7 Å². The predicted molar refractivity (Wildman–Crippen MR) is 112 cm³/mol. The Balaban J connectivity index is 1.57. The number of amides is 1. The zero-order valence-electron chi connectivity index (χ0n) is 15.8. The van der Waals surface area contributed by atoms with Gasteiger partial charge in [-0.05, 0) is 49.4 Å². The number of ketones is 1. The zero-order chi connectivity index (χ0) is 20.0. The molecule has 0 unspecified atom stereocenters. The lowest BCUT2D eigenvalue weighted by atomic mass is 10.1. The monoisotopic (exact) mass is 402 g/mol. The first-order chi connectivity index (χ1) is 14.1. The summed E-state index contributed by atoms with van der Waals surface area (Å²) >= 11 is 1.40. The van der Waals surface area contributed by atoms with Crippen LogP contribution in [0.1, 0.15) is 33.8 Å². The van der Waals surface area contributed by atoms with E-state index in [1.165, 1.54) is 11.3 Å². The fraction of sp³-hybridized carbons (Fsp3) is 0.182. The first kappa shape index (κ1) is 17.8. The molecule has 0 saturated heterocycles. The minimum absolute atomic E-state index is 0.0705. The summed E-state index contributed by atoms with van der Waals surface area (Å²) in [4.78, 5) is 30.2. The highest BCUT2D eigenvalue weighted by molar-refractivity contribution is 7.12. The number of carbonyl (C=O) groups is 2. The molecule has 6 nitrogen and oxygen atoms in total. The Morgan fingerprint density at radius 1 is 1.17 bits per heavy atom. The third-order valence-corrected chi connectivity index (χ3v) is 5.83. The topological polar surface area (TPSA) is 76.4 Å². The lowest BCUT2D eigenvalue weighted by Gasteiger charge is -2.10. The molecular formula is C22H18N4O2S. The van der Waals surface area contributed by atoms with Gasteiger partial charge in [0.2, 0.25) is 11.7 Å². The molecule has 0 bridgehead atoms. The van der Waals surface area contributed by atoms with Gasteiger partial charge in [-0.1, -0.05) is 18.2 Å². The third-order valence-electron chi connectivity index (χ3n) is 4.96. The fourth-order valence-electron chi connectivity index (χ4n) is 3.34. The highest BCUT2D eigenvalue weighted by Gasteiger charge is 2.29. The van der Waals surface area contributed by atoms with Crippen molar-refractivity contribution < 1.29 is 9.59 Å². The van der Waals surface area contributed by atoms with Gasteiger partial charge in [-0.3, -0.25) is 9.59 Å². The van der Waals surface area contributed by atoms with Gasteiger partial charge >= 0.3 is 0 Å². The van der Waals surface area contributed by atoms with Gasteiger partial charge < -0.3 is 5.32 Å². The molecule has 1 aromatic carbocycles. The molecule has 1 aliphatic carbocycles. The number of hydrogen-bond acceptors (Lipinski definition) is 5. The van der Waals surface area contributed by atoms with Gasteiger partial charge in [0.25, 0.3) is 0 Å². The number of benzene rings is 1. The molecule has 144 valence electrons. The summed E-state index contributed by atoms with van der Waals surface area (Å²) in [6.07, 6.45) is 3.50. The van der Waals surface area contributed by atoms with Crippen molar-refractivity contribution in [2.24, 2.45) is 5.92 Å². The summed E-state index contributed by atoms with van der Waals surface area (Å²) in [6, 6.07) is 13.3. The maximum atomic E-state index is 12.9. The van der Waals surface area contributed by atoms with Crippen molar-refractivity contribution in [1.29, 1.82) is 0 Å². The van der Waals surface area contributed by atoms with Crippen molar-refractivity contribution in [1.82, 2.24) is 14.6 Å². The van der Waals surface area contributed by atoms with E-state index in [0.717, 1.165) is 35.5 Å². The number of rotatable bonds is 5. The molecule has 0 radical (unpaired) electrons. The normalized spacial score (nSPS) is 13.6. The maximum Gasteiger partial charge on any atom is 0.227 e. The number of nitrogens with zero attached hydrogens (tertiary/aromatic N) is 3. The molecule has 0 aliphatic heterocycles. The summed E-state index contributed by atoms with van der Waals surface area (Å²) < 4.78 is 1.69. The predicted octanol–water partition coefficient (Wildman–Crippen LogP) is 4.35. The first-order valence-electron chi connectivity index (χ1n) is 9.45. The van der Waals surface area contributed by atoms with Crippen molar-refractivity contribution in [3.63, 3.8) is 0 Å². The second-order valence-electron chi connectivity index (χ2n) is 7.23. The van der Waals surface area contributed by atoms with Gasteiger partial charge in [-0.25, -0.2) is 9.50 Å². The Bertz CT molecular complexity index is 1240. The average Bonchev–Trinajstić information content (AvgIpc) is 3.26. The van der Waals surface area contributed by atoms with E-state index in [-0.39, 0.29) is 17.6 Å². The van der Waals surface area contributed by atoms with Crippen LogP contribution in [0.15, 0.2) is 54.0 Å². The number of aromatic nitrogens is 3. The molecule has 5 rings (SSSR count). The average molecular weight is 402 g/mol. The number of carbonyl (C=O) groups excluding carboxylic acids is 2. The molecule has 7 heteroatoms. The zero-order valence-corrected chi connectivity index (χ0v) is 16.6. The molecule has 1 N–H and O–H groups in total. The fourth-order valence-corrected chi connectivity index (χ4v) is 4.01. The van der Waals surface area contributed by atoms with E-state index >= 15 is 0 Å². The number of hydrogen-bond donors (Lipinski definition) is 1. The number of anilines is 1. The van der Waals surface area contributed by atoms with Crippen LogP contribution in [0.25, 0.3) is 16.9 Å². The molecule has 0 atom stereocenters. The molecule has 3 heterocycles.